The number of rotatable bonds is 7. The standard InChI is InChI=1S/C27H25N5OS/c1-19-7-3-4-9-22(19)17-31(16-21-8-5-11-28-14-21)27(33)24-13-20(2)30-26-25(24)15-29-32(26)18-23-10-6-12-34-23/h3-15H,16-18H2,1-2H3. The van der Waals surface area contributed by atoms with E-state index in [1.807, 2.05) is 59.1 Å². The first-order chi connectivity index (χ1) is 16.6. The van der Waals surface area contributed by atoms with Crippen molar-refractivity contribution in [2.24, 2.45) is 0 Å². The van der Waals surface area contributed by atoms with Crippen LogP contribution in [0.4, 0.5) is 0 Å². The lowest BCUT2D eigenvalue weighted by Gasteiger charge is -2.24. The van der Waals surface area contributed by atoms with Crippen LogP contribution in [0.1, 0.15) is 37.6 Å². The minimum absolute atomic E-state index is 0.0433. The highest BCUT2D eigenvalue weighted by Crippen LogP contribution is 2.24. The predicted octanol–water partition coefficient (Wildman–Crippen LogP) is 5.40. The summed E-state index contributed by atoms with van der Waals surface area (Å²) in [6, 6.07) is 18.1. The molecular formula is C27H25N5OS. The summed E-state index contributed by atoms with van der Waals surface area (Å²) in [4.78, 5) is 26.0. The molecule has 0 saturated heterocycles. The monoisotopic (exact) mass is 467 g/mol. The molecule has 4 aromatic heterocycles. The summed E-state index contributed by atoms with van der Waals surface area (Å²) in [6.07, 6.45) is 5.32. The van der Waals surface area contributed by atoms with Crippen molar-refractivity contribution in [3.05, 3.63) is 111 Å². The van der Waals surface area contributed by atoms with Crippen molar-refractivity contribution in [1.29, 1.82) is 0 Å². The molecule has 7 heteroatoms. The number of thiophene rings is 1. The smallest absolute Gasteiger partial charge is 0.255 e. The molecule has 4 heterocycles. The number of fused-ring (bicyclic) bond motifs is 1. The molecule has 1 amide bonds. The number of amides is 1. The Hall–Kier alpha value is -3.84. The van der Waals surface area contributed by atoms with Gasteiger partial charge in [0.1, 0.15) is 0 Å². The number of carbonyl (C=O) groups excluding carboxylic acids is 1. The third-order valence-corrected chi connectivity index (χ3v) is 6.72. The first-order valence-corrected chi connectivity index (χ1v) is 12.0. The van der Waals surface area contributed by atoms with Gasteiger partial charge in [0.2, 0.25) is 0 Å². The third-order valence-electron chi connectivity index (χ3n) is 5.86. The average molecular weight is 468 g/mol. The number of hydrogen-bond donors (Lipinski definition) is 0. The maximum atomic E-state index is 14.0. The van der Waals surface area contributed by atoms with Gasteiger partial charge in [0.15, 0.2) is 5.65 Å². The van der Waals surface area contributed by atoms with Crippen LogP contribution in [0.15, 0.2) is 78.6 Å². The van der Waals surface area contributed by atoms with Gasteiger partial charge in [0.25, 0.3) is 5.91 Å². The van der Waals surface area contributed by atoms with Crippen LogP contribution in [-0.2, 0) is 19.6 Å². The molecule has 1 aromatic carbocycles. The molecule has 0 aliphatic heterocycles. The number of carbonyl (C=O) groups is 1. The number of aromatic nitrogens is 4. The quantitative estimate of drug-likeness (QED) is 0.322. The second-order valence-corrected chi connectivity index (χ2v) is 9.41. The molecule has 5 rings (SSSR count). The van der Waals surface area contributed by atoms with Gasteiger partial charge in [0, 0.05) is 36.1 Å². The average Bonchev–Trinajstić information content (AvgIpc) is 3.50. The lowest BCUT2D eigenvalue weighted by molar-refractivity contribution is 0.0731. The molecule has 0 spiro atoms. The summed E-state index contributed by atoms with van der Waals surface area (Å²) in [5, 5.41) is 7.40. The van der Waals surface area contributed by atoms with E-state index >= 15 is 0 Å². The van der Waals surface area contributed by atoms with Crippen molar-refractivity contribution in [1.82, 2.24) is 24.6 Å². The van der Waals surface area contributed by atoms with E-state index in [1.165, 1.54) is 4.88 Å². The van der Waals surface area contributed by atoms with Crippen LogP contribution in [0, 0.1) is 13.8 Å². The Bertz CT molecular complexity index is 1430. The summed E-state index contributed by atoms with van der Waals surface area (Å²) >= 11 is 1.68. The highest BCUT2D eigenvalue weighted by Gasteiger charge is 2.22. The predicted molar refractivity (Wildman–Crippen MR) is 135 cm³/mol. The fourth-order valence-electron chi connectivity index (χ4n) is 4.09. The second-order valence-electron chi connectivity index (χ2n) is 8.38. The summed E-state index contributed by atoms with van der Waals surface area (Å²) in [5.41, 5.74) is 5.41. The Morgan fingerprint density at radius 1 is 1.03 bits per heavy atom. The zero-order valence-electron chi connectivity index (χ0n) is 19.2. The molecule has 170 valence electrons. The van der Waals surface area contributed by atoms with Crippen LogP contribution in [0.3, 0.4) is 0 Å². The number of hydrogen-bond acceptors (Lipinski definition) is 5. The largest absolute Gasteiger partial charge is 0.330 e. The molecule has 0 fully saturated rings. The molecule has 0 radical (unpaired) electrons. The van der Waals surface area contributed by atoms with Gasteiger partial charge in [-0.3, -0.25) is 9.78 Å². The van der Waals surface area contributed by atoms with Gasteiger partial charge in [-0.1, -0.05) is 36.4 Å². The second kappa shape index (κ2) is 9.57. The zero-order chi connectivity index (χ0) is 23.5. The van der Waals surface area contributed by atoms with Gasteiger partial charge in [-0.05, 0) is 54.1 Å². The molecule has 0 atom stereocenters. The van der Waals surface area contributed by atoms with Gasteiger partial charge >= 0.3 is 0 Å². The minimum Gasteiger partial charge on any atom is -0.330 e. The van der Waals surface area contributed by atoms with Crippen LogP contribution in [0.5, 0.6) is 0 Å². The molecule has 0 saturated carbocycles. The molecule has 0 aliphatic rings. The van der Waals surface area contributed by atoms with Gasteiger partial charge in [-0.25, -0.2) is 9.67 Å². The number of aryl methyl sites for hydroxylation is 2. The van der Waals surface area contributed by atoms with E-state index in [1.54, 1.807) is 23.7 Å². The first-order valence-electron chi connectivity index (χ1n) is 11.2. The Morgan fingerprint density at radius 2 is 1.91 bits per heavy atom. The van der Waals surface area contributed by atoms with Crippen LogP contribution in [-0.4, -0.2) is 30.6 Å². The van der Waals surface area contributed by atoms with Gasteiger partial charge in [-0.2, -0.15) is 5.10 Å². The van der Waals surface area contributed by atoms with Gasteiger partial charge in [0.05, 0.1) is 23.7 Å². The van der Waals surface area contributed by atoms with Gasteiger partial charge < -0.3 is 4.90 Å². The van der Waals surface area contributed by atoms with Crippen molar-refractivity contribution in [3.8, 4) is 0 Å². The van der Waals surface area contributed by atoms with E-state index < -0.39 is 0 Å². The van der Waals surface area contributed by atoms with E-state index in [4.69, 9.17) is 4.98 Å². The highest BCUT2D eigenvalue weighted by molar-refractivity contribution is 7.09. The maximum absolute atomic E-state index is 14.0. The highest BCUT2D eigenvalue weighted by atomic mass is 32.1. The van der Waals surface area contributed by atoms with E-state index in [-0.39, 0.29) is 5.91 Å². The van der Waals surface area contributed by atoms with Crippen LogP contribution < -0.4 is 0 Å². The Kier molecular flexibility index (Phi) is 6.18. The number of benzene rings is 1. The Labute approximate surface area is 202 Å². The normalized spacial score (nSPS) is 11.1. The van der Waals surface area contributed by atoms with Crippen molar-refractivity contribution in [3.63, 3.8) is 0 Å². The van der Waals surface area contributed by atoms with E-state index in [9.17, 15) is 4.79 Å². The Balaban J connectivity index is 1.54. The third kappa shape index (κ3) is 4.61. The van der Waals surface area contributed by atoms with E-state index in [2.05, 4.69) is 40.6 Å². The molecule has 0 aliphatic carbocycles. The van der Waals surface area contributed by atoms with Crippen LogP contribution in [0.2, 0.25) is 0 Å². The molecule has 34 heavy (non-hydrogen) atoms. The van der Waals surface area contributed by atoms with Crippen molar-refractivity contribution < 1.29 is 4.79 Å². The summed E-state index contributed by atoms with van der Waals surface area (Å²) in [7, 11) is 0. The van der Waals surface area contributed by atoms with E-state index in [0.717, 1.165) is 33.4 Å². The minimum atomic E-state index is -0.0433. The molecule has 0 N–H and O–H groups in total. The first kappa shape index (κ1) is 22.0. The van der Waals surface area contributed by atoms with Crippen molar-refractivity contribution in [2.75, 3.05) is 0 Å². The number of nitrogens with zero attached hydrogens (tertiary/aromatic N) is 5. The van der Waals surface area contributed by atoms with Crippen molar-refractivity contribution >= 4 is 28.3 Å². The van der Waals surface area contributed by atoms with Gasteiger partial charge in [-0.15, -0.1) is 11.3 Å². The molecule has 5 aromatic rings. The fraction of sp³-hybridized carbons (Fsp3) is 0.185. The Morgan fingerprint density at radius 3 is 2.68 bits per heavy atom. The molecule has 6 nitrogen and oxygen atoms in total. The molecule has 0 bridgehead atoms. The maximum Gasteiger partial charge on any atom is 0.255 e. The lowest BCUT2D eigenvalue weighted by Crippen LogP contribution is -2.30. The number of pyridine rings is 2. The van der Waals surface area contributed by atoms with Crippen molar-refractivity contribution in [2.45, 2.75) is 33.5 Å². The summed E-state index contributed by atoms with van der Waals surface area (Å²) in [6.45, 7) is 5.60. The topological polar surface area (TPSA) is 63.9 Å². The molecule has 0 unspecified atom stereocenters. The summed E-state index contributed by atoms with van der Waals surface area (Å²) in [5.74, 6) is -0.0433. The van der Waals surface area contributed by atoms with E-state index in [0.29, 0.717) is 25.2 Å². The lowest BCUT2D eigenvalue weighted by atomic mass is 10.1. The molecular weight excluding hydrogens is 442 g/mol. The zero-order valence-corrected chi connectivity index (χ0v) is 20.0. The van der Waals surface area contributed by atoms with Crippen LogP contribution >= 0.6 is 11.3 Å². The van der Waals surface area contributed by atoms with Crippen LogP contribution in [0.25, 0.3) is 11.0 Å². The summed E-state index contributed by atoms with van der Waals surface area (Å²) < 4.78 is 1.87. The SMILES string of the molecule is Cc1cc(C(=O)N(Cc2cccnc2)Cc2ccccc2C)c2cnn(Cc3cccs3)c2n1. The fourth-order valence-corrected chi connectivity index (χ4v) is 4.78.